The van der Waals surface area contributed by atoms with E-state index >= 15 is 0 Å². The molecular formula is C14H14Cl2NO5P. The summed E-state index contributed by atoms with van der Waals surface area (Å²) in [5.74, 6) is -1.27. The van der Waals surface area contributed by atoms with Crippen molar-refractivity contribution in [2.24, 2.45) is 0 Å². The number of carboxylic acid groups (broad SMARTS) is 1. The van der Waals surface area contributed by atoms with Crippen LogP contribution in [0.25, 0.3) is 10.9 Å². The highest BCUT2D eigenvalue weighted by Gasteiger charge is 2.32. The summed E-state index contributed by atoms with van der Waals surface area (Å²) >= 11 is 12.1. The predicted molar refractivity (Wildman–Crippen MR) is 89.2 cm³/mol. The summed E-state index contributed by atoms with van der Waals surface area (Å²) in [4.78, 5) is 15.3. The molecule has 0 aliphatic heterocycles. The number of halogens is 2. The second-order valence-electron chi connectivity index (χ2n) is 4.45. The molecule has 0 saturated carbocycles. The highest BCUT2D eigenvalue weighted by atomic mass is 35.5. The third kappa shape index (κ3) is 3.67. The van der Waals surface area contributed by atoms with E-state index in [1.165, 1.54) is 12.1 Å². The summed E-state index contributed by atoms with van der Waals surface area (Å²) in [6, 6.07) is 4.07. The Kier molecular flexibility index (Phi) is 5.65. The standard InChI is InChI=1S/C14H14Cl2NO5P/c1-3-21-23(20,22-4-2)12-7-11(14(18)19)17-10-6-8(15)5-9(16)13(10)12/h5-7H,3-4H2,1-2H3,(H,18,19). The van der Waals surface area contributed by atoms with Gasteiger partial charge < -0.3 is 14.2 Å². The van der Waals surface area contributed by atoms with Gasteiger partial charge in [-0.1, -0.05) is 23.2 Å². The number of pyridine rings is 1. The maximum absolute atomic E-state index is 13.1. The van der Waals surface area contributed by atoms with Gasteiger partial charge in [-0.25, -0.2) is 9.78 Å². The lowest BCUT2D eigenvalue weighted by Crippen LogP contribution is -2.16. The van der Waals surface area contributed by atoms with Crippen molar-refractivity contribution in [2.45, 2.75) is 13.8 Å². The van der Waals surface area contributed by atoms with Crippen LogP contribution in [0, 0.1) is 0 Å². The lowest BCUT2D eigenvalue weighted by Gasteiger charge is -2.19. The summed E-state index contributed by atoms with van der Waals surface area (Å²) in [5.41, 5.74) is -0.0949. The van der Waals surface area contributed by atoms with Gasteiger partial charge in [-0.2, -0.15) is 0 Å². The Morgan fingerprint density at radius 3 is 2.35 bits per heavy atom. The molecule has 2 rings (SSSR count). The first-order chi connectivity index (χ1) is 10.8. The van der Waals surface area contributed by atoms with Gasteiger partial charge in [-0.3, -0.25) is 4.57 Å². The number of benzene rings is 1. The average molecular weight is 378 g/mol. The summed E-state index contributed by atoms with van der Waals surface area (Å²) in [7, 11) is -3.76. The SMILES string of the molecule is CCOP(=O)(OCC)c1cc(C(=O)O)nc2cc(Cl)cc(Cl)c12. The number of hydrogen-bond donors (Lipinski definition) is 1. The van der Waals surface area contributed by atoms with Gasteiger partial charge in [-0.15, -0.1) is 0 Å². The third-order valence-electron chi connectivity index (χ3n) is 2.92. The molecule has 0 saturated heterocycles. The molecule has 0 radical (unpaired) electrons. The van der Waals surface area contributed by atoms with E-state index in [-0.39, 0.29) is 39.8 Å². The molecule has 0 fully saturated rings. The van der Waals surface area contributed by atoms with Crippen molar-refractivity contribution in [3.05, 3.63) is 33.9 Å². The number of aromatic carboxylic acids is 1. The number of rotatable bonds is 6. The molecule has 1 N–H and O–H groups in total. The Bertz CT molecular complexity index is 801. The number of hydrogen-bond acceptors (Lipinski definition) is 5. The predicted octanol–water partition coefficient (Wildman–Crippen LogP) is 4.13. The fraction of sp³-hybridized carbons (Fsp3) is 0.286. The lowest BCUT2D eigenvalue weighted by atomic mass is 10.2. The minimum atomic E-state index is -3.76. The van der Waals surface area contributed by atoms with Gasteiger partial charge in [0.05, 0.1) is 29.1 Å². The Morgan fingerprint density at radius 1 is 1.22 bits per heavy atom. The maximum atomic E-state index is 13.1. The van der Waals surface area contributed by atoms with Crippen LogP contribution in [-0.2, 0) is 13.6 Å². The van der Waals surface area contributed by atoms with E-state index < -0.39 is 13.6 Å². The minimum absolute atomic E-state index is 0.0604. The maximum Gasteiger partial charge on any atom is 0.362 e. The van der Waals surface area contributed by atoms with Crippen LogP contribution in [0.2, 0.25) is 10.0 Å². The second kappa shape index (κ2) is 7.16. The van der Waals surface area contributed by atoms with Crippen molar-refractivity contribution in [2.75, 3.05) is 13.2 Å². The van der Waals surface area contributed by atoms with Crippen LogP contribution < -0.4 is 5.30 Å². The molecule has 0 atom stereocenters. The van der Waals surface area contributed by atoms with Gasteiger partial charge >= 0.3 is 13.6 Å². The number of aromatic nitrogens is 1. The molecule has 0 spiro atoms. The van der Waals surface area contributed by atoms with Crippen molar-refractivity contribution in [1.29, 1.82) is 0 Å². The topological polar surface area (TPSA) is 85.7 Å². The highest BCUT2D eigenvalue weighted by Crippen LogP contribution is 2.49. The molecular weight excluding hydrogens is 364 g/mol. The molecule has 0 bridgehead atoms. The van der Waals surface area contributed by atoms with E-state index in [9.17, 15) is 14.5 Å². The monoisotopic (exact) mass is 377 g/mol. The Balaban J connectivity index is 2.89. The fourth-order valence-corrected chi connectivity index (χ4v) is 4.58. The molecule has 23 heavy (non-hydrogen) atoms. The largest absolute Gasteiger partial charge is 0.477 e. The zero-order chi connectivity index (χ0) is 17.2. The van der Waals surface area contributed by atoms with Gasteiger partial charge in [0.25, 0.3) is 0 Å². The molecule has 0 unspecified atom stereocenters. The smallest absolute Gasteiger partial charge is 0.362 e. The van der Waals surface area contributed by atoms with Crippen LogP contribution in [0.15, 0.2) is 18.2 Å². The number of fused-ring (bicyclic) bond motifs is 1. The molecule has 2 aromatic rings. The summed E-state index contributed by atoms with van der Waals surface area (Å²) in [6.07, 6.45) is 0. The Hall–Kier alpha value is -1.17. The van der Waals surface area contributed by atoms with E-state index in [1.807, 2.05) is 0 Å². The number of carbonyl (C=O) groups is 1. The van der Waals surface area contributed by atoms with E-state index in [4.69, 9.17) is 32.2 Å². The quantitative estimate of drug-likeness (QED) is 0.761. The van der Waals surface area contributed by atoms with Gasteiger partial charge in [-0.05, 0) is 32.0 Å². The molecule has 1 aromatic heterocycles. The molecule has 0 aliphatic rings. The Morgan fingerprint density at radius 2 is 1.83 bits per heavy atom. The van der Waals surface area contributed by atoms with E-state index in [2.05, 4.69) is 4.98 Å². The third-order valence-corrected chi connectivity index (χ3v) is 5.57. The first-order valence-electron chi connectivity index (χ1n) is 6.75. The van der Waals surface area contributed by atoms with Gasteiger partial charge in [0.2, 0.25) is 0 Å². The first kappa shape index (κ1) is 18.2. The zero-order valence-corrected chi connectivity index (χ0v) is 14.8. The highest BCUT2D eigenvalue weighted by molar-refractivity contribution is 7.62. The summed E-state index contributed by atoms with van der Waals surface area (Å²) < 4.78 is 23.7. The van der Waals surface area contributed by atoms with Gasteiger partial charge in [0.15, 0.2) is 0 Å². The van der Waals surface area contributed by atoms with E-state index in [0.29, 0.717) is 5.39 Å². The van der Waals surface area contributed by atoms with Crippen LogP contribution in [0.5, 0.6) is 0 Å². The van der Waals surface area contributed by atoms with Gasteiger partial charge in [0, 0.05) is 10.4 Å². The van der Waals surface area contributed by atoms with Crippen molar-refractivity contribution < 1.29 is 23.5 Å². The van der Waals surface area contributed by atoms with Crippen LogP contribution in [-0.4, -0.2) is 29.3 Å². The molecule has 124 valence electrons. The van der Waals surface area contributed by atoms with Crippen LogP contribution in [0.4, 0.5) is 0 Å². The van der Waals surface area contributed by atoms with Crippen LogP contribution in [0.3, 0.4) is 0 Å². The lowest BCUT2D eigenvalue weighted by molar-refractivity contribution is 0.0691. The van der Waals surface area contributed by atoms with Gasteiger partial charge in [0.1, 0.15) is 5.69 Å². The molecule has 0 amide bonds. The number of carboxylic acids is 1. The Labute approximate surface area is 142 Å². The summed E-state index contributed by atoms with van der Waals surface area (Å²) in [6.45, 7) is 3.56. The van der Waals surface area contributed by atoms with Crippen molar-refractivity contribution in [3.63, 3.8) is 0 Å². The van der Waals surface area contributed by atoms with Crippen LogP contribution in [0.1, 0.15) is 24.3 Å². The molecule has 1 aromatic carbocycles. The number of nitrogens with zero attached hydrogens (tertiary/aromatic N) is 1. The second-order valence-corrected chi connectivity index (χ2v) is 7.28. The average Bonchev–Trinajstić information content (AvgIpc) is 2.46. The van der Waals surface area contributed by atoms with E-state index in [0.717, 1.165) is 6.07 Å². The first-order valence-corrected chi connectivity index (χ1v) is 9.05. The molecule has 1 heterocycles. The normalized spacial score (nSPS) is 11.8. The van der Waals surface area contributed by atoms with Crippen molar-refractivity contribution in [3.8, 4) is 0 Å². The fourth-order valence-electron chi connectivity index (χ4n) is 2.11. The molecule has 6 nitrogen and oxygen atoms in total. The minimum Gasteiger partial charge on any atom is -0.477 e. The zero-order valence-electron chi connectivity index (χ0n) is 12.4. The van der Waals surface area contributed by atoms with Crippen molar-refractivity contribution >= 4 is 53.0 Å². The molecule has 0 aliphatic carbocycles. The molecule has 9 heteroatoms. The van der Waals surface area contributed by atoms with E-state index in [1.54, 1.807) is 13.8 Å². The summed E-state index contributed by atoms with van der Waals surface area (Å²) in [5, 5.41) is 10.1. The van der Waals surface area contributed by atoms with Crippen LogP contribution >= 0.6 is 30.8 Å². The van der Waals surface area contributed by atoms with Crippen molar-refractivity contribution in [1.82, 2.24) is 4.98 Å².